The molecule has 1 aromatic rings. The normalized spacial score (nSPS) is 14.1. The van der Waals surface area contributed by atoms with Gasteiger partial charge in [0.1, 0.15) is 11.5 Å². The number of hydrogen-bond donors (Lipinski definition) is 3. The monoisotopic (exact) mass is 240 g/mol. The van der Waals surface area contributed by atoms with E-state index in [4.69, 9.17) is 4.74 Å². The van der Waals surface area contributed by atoms with Crippen LogP contribution in [-0.2, 0) is 15.1 Å². The van der Waals surface area contributed by atoms with E-state index in [1.165, 1.54) is 13.0 Å². The largest absolute Gasteiger partial charge is 0.508 e. The highest BCUT2D eigenvalue weighted by Crippen LogP contribution is 2.35. The number of benzene rings is 1. The SMILES string of the molecule is CCOC(=O)C(C)(O)c1c(C)cc(O)cc1O. The molecular formula is C12H16O5. The van der Waals surface area contributed by atoms with Crippen molar-refractivity contribution in [2.24, 2.45) is 0 Å². The van der Waals surface area contributed by atoms with Gasteiger partial charge in [-0.3, -0.25) is 0 Å². The minimum Gasteiger partial charge on any atom is -0.508 e. The summed E-state index contributed by atoms with van der Waals surface area (Å²) < 4.78 is 4.74. The summed E-state index contributed by atoms with van der Waals surface area (Å²) in [6.07, 6.45) is 0. The van der Waals surface area contributed by atoms with Crippen LogP contribution in [0.25, 0.3) is 0 Å². The Bertz CT molecular complexity index is 414. The number of hydrogen-bond acceptors (Lipinski definition) is 5. The first-order chi connectivity index (χ1) is 7.80. The van der Waals surface area contributed by atoms with Gasteiger partial charge in [-0.05, 0) is 32.4 Å². The highest BCUT2D eigenvalue weighted by Gasteiger charge is 2.38. The predicted molar refractivity (Wildman–Crippen MR) is 60.7 cm³/mol. The van der Waals surface area contributed by atoms with Gasteiger partial charge >= 0.3 is 5.97 Å². The maximum Gasteiger partial charge on any atom is 0.342 e. The minimum atomic E-state index is -1.95. The van der Waals surface area contributed by atoms with Gasteiger partial charge in [-0.2, -0.15) is 0 Å². The predicted octanol–water partition coefficient (Wildman–Crippen LogP) is 1.18. The van der Waals surface area contributed by atoms with Crippen LogP contribution in [0, 0.1) is 6.92 Å². The molecule has 0 bridgehead atoms. The van der Waals surface area contributed by atoms with E-state index in [1.54, 1.807) is 13.8 Å². The van der Waals surface area contributed by atoms with Gasteiger partial charge in [-0.1, -0.05) is 0 Å². The van der Waals surface area contributed by atoms with Crippen molar-refractivity contribution in [1.82, 2.24) is 0 Å². The number of phenolic OH excluding ortho intramolecular Hbond substituents is 2. The van der Waals surface area contributed by atoms with Crippen LogP contribution >= 0.6 is 0 Å². The molecule has 0 aromatic heterocycles. The Labute approximate surface area is 99.3 Å². The molecule has 17 heavy (non-hydrogen) atoms. The summed E-state index contributed by atoms with van der Waals surface area (Å²) in [5.74, 6) is -1.33. The van der Waals surface area contributed by atoms with Crippen LogP contribution in [0.3, 0.4) is 0 Å². The van der Waals surface area contributed by atoms with Gasteiger partial charge < -0.3 is 20.1 Å². The van der Waals surface area contributed by atoms with Crippen molar-refractivity contribution in [3.63, 3.8) is 0 Å². The van der Waals surface area contributed by atoms with E-state index in [-0.39, 0.29) is 23.7 Å². The fourth-order valence-electron chi connectivity index (χ4n) is 1.76. The molecule has 0 saturated carbocycles. The summed E-state index contributed by atoms with van der Waals surface area (Å²) >= 11 is 0. The van der Waals surface area contributed by atoms with Crippen molar-refractivity contribution >= 4 is 5.97 Å². The molecule has 3 N–H and O–H groups in total. The lowest BCUT2D eigenvalue weighted by Crippen LogP contribution is -2.34. The molecule has 0 fully saturated rings. The molecule has 1 rings (SSSR count). The van der Waals surface area contributed by atoms with Crippen molar-refractivity contribution in [2.45, 2.75) is 26.4 Å². The molecule has 0 saturated heterocycles. The van der Waals surface area contributed by atoms with E-state index in [9.17, 15) is 20.1 Å². The third kappa shape index (κ3) is 2.50. The van der Waals surface area contributed by atoms with Gasteiger partial charge in [0.15, 0.2) is 5.60 Å². The third-order valence-corrected chi connectivity index (χ3v) is 2.46. The van der Waals surface area contributed by atoms with Crippen LogP contribution in [0.15, 0.2) is 12.1 Å². The third-order valence-electron chi connectivity index (χ3n) is 2.46. The average molecular weight is 240 g/mol. The van der Waals surface area contributed by atoms with E-state index in [0.717, 1.165) is 6.07 Å². The molecule has 0 aliphatic carbocycles. The lowest BCUT2D eigenvalue weighted by Gasteiger charge is -2.24. The van der Waals surface area contributed by atoms with Crippen molar-refractivity contribution in [1.29, 1.82) is 0 Å². The molecule has 1 aromatic carbocycles. The summed E-state index contributed by atoms with van der Waals surface area (Å²) in [7, 11) is 0. The number of ether oxygens (including phenoxy) is 1. The van der Waals surface area contributed by atoms with E-state index >= 15 is 0 Å². The van der Waals surface area contributed by atoms with Gasteiger partial charge in [0, 0.05) is 11.6 Å². The minimum absolute atomic E-state index is 0.0359. The summed E-state index contributed by atoms with van der Waals surface area (Å²) in [5.41, 5.74) is -1.51. The number of aryl methyl sites for hydroxylation is 1. The number of carbonyl (C=O) groups excluding carboxylic acids is 1. The average Bonchev–Trinajstić information content (AvgIpc) is 2.15. The van der Waals surface area contributed by atoms with Crippen LogP contribution in [0.2, 0.25) is 0 Å². The Morgan fingerprint density at radius 1 is 1.41 bits per heavy atom. The van der Waals surface area contributed by atoms with E-state index in [2.05, 4.69) is 0 Å². The van der Waals surface area contributed by atoms with Crippen LogP contribution in [0.1, 0.15) is 25.0 Å². The molecule has 1 unspecified atom stereocenters. The number of aromatic hydroxyl groups is 2. The molecule has 5 nitrogen and oxygen atoms in total. The van der Waals surface area contributed by atoms with Crippen molar-refractivity contribution < 1.29 is 24.9 Å². The van der Waals surface area contributed by atoms with Crippen LogP contribution in [0.5, 0.6) is 11.5 Å². The second kappa shape index (κ2) is 4.63. The zero-order valence-corrected chi connectivity index (χ0v) is 10.0. The molecular weight excluding hydrogens is 224 g/mol. The zero-order valence-electron chi connectivity index (χ0n) is 10.0. The highest BCUT2D eigenvalue weighted by atomic mass is 16.5. The summed E-state index contributed by atoms with van der Waals surface area (Å²) in [6, 6.07) is 2.42. The summed E-state index contributed by atoms with van der Waals surface area (Å²) in [6.45, 7) is 4.57. The molecule has 0 aliphatic heterocycles. The van der Waals surface area contributed by atoms with E-state index in [0.29, 0.717) is 5.56 Å². The lowest BCUT2D eigenvalue weighted by molar-refractivity contribution is -0.164. The Morgan fingerprint density at radius 3 is 2.47 bits per heavy atom. The first-order valence-electron chi connectivity index (χ1n) is 5.23. The van der Waals surface area contributed by atoms with Crippen molar-refractivity contribution in [3.05, 3.63) is 23.3 Å². The van der Waals surface area contributed by atoms with Gasteiger partial charge in [0.2, 0.25) is 0 Å². The van der Waals surface area contributed by atoms with Gasteiger partial charge in [0.05, 0.1) is 6.61 Å². The summed E-state index contributed by atoms with van der Waals surface area (Å²) in [4.78, 5) is 11.6. The number of carbonyl (C=O) groups is 1. The molecule has 1 atom stereocenters. The van der Waals surface area contributed by atoms with Crippen LogP contribution in [0.4, 0.5) is 0 Å². The van der Waals surface area contributed by atoms with Gasteiger partial charge in [-0.15, -0.1) is 0 Å². The lowest BCUT2D eigenvalue weighted by atomic mass is 9.91. The van der Waals surface area contributed by atoms with Crippen LogP contribution in [-0.4, -0.2) is 27.9 Å². The quantitative estimate of drug-likeness (QED) is 0.690. The molecule has 0 aliphatic rings. The maximum atomic E-state index is 11.6. The fourth-order valence-corrected chi connectivity index (χ4v) is 1.76. The first-order valence-corrected chi connectivity index (χ1v) is 5.23. The van der Waals surface area contributed by atoms with E-state index in [1.807, 2.05) is 0 Å². The van der Waals surface area contributed by atoms with Crippen LogP contribution < -0.4 is 0 Å². The number of aliphatic hydroxyl groups is 1. The summed E-state index contributed by atoms with van der Waals surface area (Å²) in [5, 5.41) is 29.1. The molecule has 0 amide bonds. The number of esters is 1. The van der Waals surface area contributed by atoms with E-state index < -0.39 is 11.6 Å². The molecule has 0 heterocycles. The zero-order chi connectivity index (χ0) is 13.2. The molecule has 0 radical (unpaired) electrons. The Hall–Kier alpha value is -1.75. The Balaban J connectivity index is 3.28. The van der Waals surface area contributed by atoms with Gasteiger partial charge in [-0.25, -0.2) is 4.79 Å². The number of phenols is 2. The standard InChI is InChI=1S/C12H16O5/c1-4-17-11(15)12(3,16)10-7(2)5-8(13)6-9(10)14/h5-6,13-14,16H,4H2,1-3H3. The maximum absolute atomic E-state index is 11.6. The molecule has 5 heteroatoms. The van der Waals surface area contributed by atoms with Gasteiger partial charge in [0.25, 0.3) is 0 Å². The smallest absolute Gasteiger partial charge is 0.342 e. The Kier molecular flexibility index (Phi) is 3.63. The molecule has 0 spiro atoms. The second-order valence-electron chi connectivity index (χ2n) is 3.95. The second-order valence-corrected chi connectivity index (χ2v) is 3.95. The van der Waals surface area contributed by atoms with Crippen molar-refractivity contribution in [2.75, 3.05) is 6.61 Å². The fraction of sp³-hybridized carbons (Fsp3) is 0.417. The molecule has 94 valence electrons. The number of rotatable bonds is 3. The Morgan fingerprint density at radius 2 is 2.00 bits per heavy atom. The highest BCUT2D eigenvalue weighted by molar-refractivity contribution is 5.82. The van der Waals surface area contributed by atoms with Crippen molar-refractivity contribution in [3.8, 4) is 11.5 Å². The topological polar surface area (TPSA) is 87.0 Å². The first kappa shape index (κ1) is 13.3.